The molecule has 9 nitrogen and oxygen atoms in total. The topological polar surface area (TPSA) is 122 Å². The quantitative estimate of drug-likeness (QED) is 0.171. The lowest BCUT2D eigenvalue weighted by atomic mass is 9.74. The summed E-state index contributed by atoms with van der Waals surface area (Å²) in [5.41, 5.74) is 2.88. The second kappa shape index (κ2) is 18.5. The van der Waals surface area contributed by atoms with Crippen molar-refractivity contribution in [2.45, 2.75) is 124 Å². The van der Waals surface area contributed by atoms with Crippen LogP contribution < -0.4 is 10.7 Å². The summed E-state index contributed by atoms with van der Waals surface area (Å²) in [4.78, 5) is 41.7. The van der Waals surface area contributed by atoms with Gasteiger partial charge in [-0.05, 0) is 77.0 Å². The number of hydrazine groups is 1. The molecular formula is C33H58N4O5. The minimum atomic E-state index is -0.898. The molecule has 0 aromatic carbocycles. The molecular weight excluding hydrogens is 532 g/mol. The highest BCUT2D eigenvalue weighted by Gasteiger charge is 2.39. The van der Waals surface area contributed by atoms with E-state index in [0.717, 1.165) is 51.6 Å². The molecule has 0 bridgehead atoms. The zero-order chi connectivity index (χ0) is 31.2. The van der Waals surface area contributed by atoms with E-state index in [9.17, 15) is 24.6 Å². The number of hydrogen-bond acceptors (Lipinski definition) is 6. The molecule has 2 rings (SSSR count). The Labute approximate surface area is 254 Å². The number of aliphatic hydroxyl groups is 2. The fourth-order valence-corrected chi connectivity index (χ4v) is 6.43. The molecule has 0 heterocycles. The summed E-state index contributed by atoms with van der Waals surface area (Å²) >= 11 is 0. The SMILES string of the molecule is CC#CC1CC(C(=O)NC(CC2CCC(O)CC2)C(O)CN(CC)NC(=O)C(C)C)CC(C(=O)N(CCC)CCC)C1. The van der Waals surface area contributed by atoms with Crippen molar-refractivity contribution in [1.29, 1.82) is 0 Å². The Morgan fingerprint density at radius 2 is 1.57 bits per heavy atom. The largest absolute Gasteiger partial charge is 0.393 e. The summed E-state index contributed by atoms with van der Waals surface area (Å²) in [5.74, 6) is 5.56. The van der Waals surface area contributed by atoms with Crippen molar-refractivity contribution in [3.63, 3.8) is 0 Å². The zero-order valence-electron chi connectivity index (χ0n) is 27.0. The number of nitrogens with zero attached hydrogens (tertiary/aromatic N) is 2. The summed E-state index contributed by atoms with van der Waals surface area (Å²) in [7, 11) is 0. The van der Waals surface area contributed by atoms with Crippen LogP contribution in [0.4, 0.5) is 0 Å². The number of nitrogens with one attached hydrogen (secondary N) is 2. The molecule has 0 aromatic heterocycles. The number of aliphatic hydroxyl groups excluding tert-OH is 2. The minimum absolute atomic E-state index is 0.0245. The maximum absolute atomic E-state index is 13.8. The molecule has 0 aromatic rings. The van der Waals surface area contributed by atoms with Crippen LogP contribution in [0.1, 0.15) is 106 Å². The highest BCUT2D eigenvalue weighted by molar-refractivity contribution is 5.83. The molecule has 2 saturated carbocycles. The molecule has 42 heavy (non-hydrogen) atoms. The Morgan fingerprint density at radius 3 is 2.12 bits per heavy atom. The van der Waals surface area contributed by atoms with E-state index < -0.39 is 12.1 Å². The van der Waals surface area contributed by atoms with E-state index in [2.05, 4.69) is 36.4 Å². The standard InChI is InChI=1S/C33H58N4O5/c1-7-11-25-18-26(21-27(19-25)33(42)36(16-8-2)17-9-3)32(41)34-29(20-24-12-14-28(38)15-13-24)30(39)22-37(10-4)35-31(40)23(5)6/h23-30,38-39H,8-10,12-22H2,1-6H3,(H,34,41)(H,35,40). The Bertz CT molecular complexity index is 902. The Kier molecular flexibility index (Phi) is 15.9. The van der Waals surface area contributed by atoms with Crippen LogP contribution in [0.15, 0.2) is 0 Å². The van der Waals surface area contributed by atoms with E-state index in [1.165, 1.54) is 0 Å². The van der Waals surface area contributed by atoms with Crippen molar-refractivity contribution < 1.29 is 24.6 Å². The van der Waals surface area contributed by atoms with E-state index in [4.69, 9.17) is 0 Å². The van der Waals surface area contributed by atoms with Gasteiger partial charge in [0.05, 0.1) is 18.2 Å². The van der Waals surface area contributed by atoms with Crippen LogP contribution in [0.3, 0.4) is 0 Å². The third-order valence-corrected chi connectivity index (χ3v) is 8.85. The lowest BCUT2D eigenvalue weighted by molar-refractivity contribution is -0.139. The highest BCUT2D eigenvalue weighted by Crippen LogP contribution is 2.35. The Hall–Kier alpha value is -2.15. The van der Waals surface area contributed by atoms with Gasteiger partial charge in [-0.2, -0.15) is 0 Å². The van der Waals surface area contributed by atoms with Crippen LogP contribution in [0.5, 0.6) is 0 Å². The van der Waals surface area contributed by atoms with Gasteiger partial charge in [-0.15, -0.1) is 11.8 Å². The maximum Gasteiger partial charge on any atom is 0.236 e. The number of amides is 3. The molecule has 9 heteroatoms. The number of rotatable bonds is 15. The van der Waals surface area contributed by atoms with Crippen molar-refractivity contribution in [2.75, 3.05) is 26.2 Å². The van der Waals surface area contributed by atoms with Crippen LogP contribution in [0.2, 0.25) is 0 Å². The van der Waals surface area contributed by atoms with Gasteiger partial charge in [0.25, 0.3) is 0 Å². The molecule has 240 valence electrons. The van der Waals surface area contributed by atoms with Gasteiger partial charge in [0, 0.05) is 49.9 Å². The molecule has 5 atom stereocenters. The number of likely N-dealkylation sites (N-methyl/N-ethyl adjacent to an activating group) is 1. The summed E-state index contributed by atoms with van der Waals surface area (Å²) in [5, 5.41) is 26.3. The second-order valence-electron chi connectivity index (χ2n) is 12.8. The van der Waals surface area contributed by atoms with E-state index in [-0.39, 0.29) is 60.0 Å². The first-order valence-electron chi connectivity index (χ1n) is 16.5. The predicted molar refractivity (Wildman–Crippen MR) is 166 cm³/mol. The number of carbonyl (C=O) groups is 3. The third-order valence-electron chi connectivity index (χ3n) is 8.85. The highest BCUT2D eigenvalue weighted by atomic mass is 16.3. The first-order valence-corrected chi connectivity index (χ1v) is 16.5. The molecule has 5 unspecified atom stereocenters. The van der Waals surface area contributed by atoms with E-state index >= 15 is 0 Å². The van der Waals surface area contributed by atoms with Gasteiger partial charge in [-0.1, -0.05) is 34.6 Å². The van der Waals surface area contributed by atoms with E-state index in [0.29, 0.717) is 32.2 Å². The summed E-state index contributed by atoms with van der Waals surface area (Å²) in [6.45, 7) is 13.6. The lowest BCUT2D eigenvalue weighted by Gasteiger charge is -2.37. The van der Waals surface area contributed by atoms with Crippen molar-refractivity contribution in [1.82, 2.24) is 20.7 Å². The Balaban J connectivity index is 2.21. The molecule has 2 aliphatic rings. The van der Waals surface area contributed by atoms with Crippen molar-refractivity contribution in [3.05, 3.63) is 0 Å². The van der Waals surface area contributed by atoms with Crippen LogP contribution in [-0.4, -0.2) is 82.3 Å². The molecule has 2 fully saturated rings. The molecule has 0 saturated heterocycles. The van der Waals surface area contributed by atoms with E-state index in [1.54, 1.807) is 11.9 Å². The normalized spacial score (nSPS) is 25.7. The van der Waals surface area contributed by atoms with Crippen LogP contribution >= 0.6 is 0 Å². The zero-order valence-corrected chi connectivity index (χ0v) is 27.0. The summed E-state index contributed by atoms with van der Waals surface area (Å²) in [6.07, 6.45) is 6.11. The maximum atomic E-state index is 13.8. The Morgan fingerprint density at radius 1 is 0.952 bits per heavy atom. The molecule has 3 amide bonds. The van der Waals surface area contributed by atoms with Gasteiger partial charge in [0.1, 0.15) is 0 Å². The van der Waals surface area contributed by atoms with Gasteiger partial charge in [-0.25, -0.2) is 5.01 Å². The molecule has 4 N–H and O–H groups in total. The smallest absolute Gasteiger partial charge is 0.236 e. The molecule has 0 spiro atoms. The van der Waals surface area contributed by atoms with Gasteiger partial charge in [0.15, 0.2) is 0 Å². The van der Waals surface area contributed by atoms with Gasteiger partial charge < -0.3 is 20.4 Å². The van der Waals surface area contributed by atoms with Crippen LogP contribution in [0.25, 0.3) is 0 Å². The number of hydrogen-bond donors (Lipinski definition) is 4. The van der Waals surface area contributed by atoms with Crippen molar-refractivity contribution in [3.8, 4) is 11.8 Å². The minimum Gasteiger partial charge on any atom is -0.393 e. The molecule has 0 radical (unpaired) electrons. The molecule has 2 aliphatic carbocycles. The van der Waals surface area contributed by atoms with E-state index in [1.807, 2.05) is 25.7 Å². The van der Waals surface area contributed by atoms with Crippen LogP contribution in [-0.2, 0) is 14.4 Å². The monoisotopic (exact) mass is 590 g/mol. The predicted octanol–water partition coefficient (Wildman–Crippen LogP) is 3.49. The fraction of sp³-hybridized carbons (Fsp3) is 0.848. The summed E-state index contributed by atoms with van der Waals surface area (Å²) < 4.78 is 0. The van der Waals surface area contributed by atoms with Crippen LogP contribution in [0, 0.1) is 41.4 Å². The lowest BCUT2D eigenvalue weighted by Crippen LogP contribution is -2.54. The average molecular weight is 591 g/mol. The van der Waals surface area contributed by atoms with Crippen molar-refractivity contribution in [2.24, 2.45) is 29.6 Å². The number of carbonyl (C=O) groups excluding carboxylic acids is 3. The first kappa shape index (κ1) is 36.0. The van der Waals surface area contributed by atoms with Gasteiger partial charge in [0.2, 0.25) is 17.7 Å². The van der Waals surface area contributed by atoms with Gasteiger partial charge in [-0.3, -0.25) is 19.8 Å². The van der Waals surface area contributed by atoms with Crippen molar-refractivity contribution >= 4 is 17.7 Å². The average Bonchev–Trinajstić information content (AvgIpc) is 2.96. The third kappa shape index (κ3) is 11.5. The fourth-order valence-electron chi connectivity index (χ4n) is 6.43. The van der Waals surface area contributed by atoms with Gasteiger partial charge >= 0.3 is 0 Å². The second-order valence-corrected chi connectivity index (χ2v) is 12.8. The summed E-state index contributed by atoms with van der Waals surface area (Å²) in [6, 6.07) is -0.508. The first-order chi connectivity index (χ1) is 20.0. The molecule has 0 aliphatic heterocycles.